The van der Waals surface area contributed by atoms with Crippen LogP contribution < -0.4 is 11.1 Å². The van der Waals surface area contributed by atoms with E-state index in [-0.39, 0.29) is 0 Å². The Morgan fingerprint density at radius 2 is 2.00 bits per heavy atom. The molecule has 0 saturated heterocycles. The van der Waals surface area contributed by atoms with Gasteiger partial charge in [0.1, 0.15) is 0 Å². The summed E-state index contributed by atoms with van der Waals surface area (Å²) in [7, 11) is 1.82. The van der Waals surface area contributed by atoms with E-state index >= 15 is 0 Å². The zero-order chi connectivity index (χ0) is 8.85. The van der Waals surface area contributed by atoms with Crippen LogP contribution in [0.15, 0.2) is 23.0 Å². The maximum absolute atomic E-state index is 5.58. The summed E-state index contributed by atoms with van der Waals surface area (Å²) in [5.74, 6) is 0.718. The molecule has 0 bridgehead atoms. The van der Waals surface area contributed by atoms with E-state index < -0.39 is 0 Å². The summed E-state index contributed by atoms with van der Waals surface area (Å²) in [6, 6.07) is 0. The SMILES string of the molecule is CC/C(C)=C(C)/C=C(/N)NC. The maximum Gasteiger partial charge on any atom is 0.0960 e. The molecule has 0 aliphatic carbocycles. The van der Waals surface area contributed by atoms with Crippen LogP contribution >= 0.6 is 0 Å². The van der Waals surface area contributed by atoms with E-state index in [1.165, 1.54) is 11.1 Å². The molecular formula is C9H18N2. The predicted molar refractivity (Wildman–Crippen MR) is 50.0 cm³/mol. The highest BCUT2D eigenvalue weighted by Crippen LogP contribution is 2.08. The van der Waals surface area contributed by atoms with Crippen LogP contribution in [0.2, 0.25) is 0 Å². The topological polar surface area (TPSA) is 38.0 Å². The molecule has 0 aromatic rings. The molecule has 2 nitrogen and oxygen atoms in total. The third-order valence-electron chi connectivity index (χ3n) is 1.86. The molecule has 0 rings (SSSR count). The molecule has 3 N–H and O–H groups in total. The Kier molecular flexibility index (Phi) is 4.42. The van der Waals surface area contributed by atoms with Gasteiger partial charge in [-0.1, -0.05) is 12.5 Å². The Balaban J connectivity index is 4.37. The molecule has 11 heavy (non-hydrogen) atoms. The first kappa shape index (κ1) is 10.1. The van der Waals surface area contributed by atoms with Crippen molar-refractivity contribution >= 4 is 0 Å². The van der Waals surface area contributed by atoms with Crippen LogP contribution in [0.4, 0.5) is 0 Å². The molecule has 0 aromatic heterocycles. The summed E-state index contributed by atoms with van der Waals surface area (Å²) in [5, 5.41) is 2.88. The van der Waals surface area contributed by atoms with Crippen LogP contribution in [0, 0.1) is 0 Å². The van der Waals surface area contributed by atoms with Gasteiger partial charge in [-0.2, -0.15) is 0 Å². The van der Waals surface area contributed by atoms with Gasteiger partial charge in [0.2, 0.25) is 0 Å². The zero-order valence-corrected chi connectivity index (χ0v) is 7.86. The minimum Gasteiger partial charge on any atom is -0.386 e. The highest BCUT2D eigenvalue weighted by molar-refractivity contribution is 5.24. The smallest absolute Gasteiger partial charge is 0.0960 e. The van der Waals surface area contributed by atoms with Crippen molar-refractivity contribution < 1.29 is 0 Å². The Labute approximate surface area is 69.2 Å². The van der Waals surface area contributed by atoms with E-state index in [2.05, 4.69) is 26.1 Å². The second kappa shape index (κ2) is 4.83. The lowest BCUT2D eigenvalue weighted by Gasteiger charge is -2.02. The molecule has 0 amide bonds. The number of hydrogen-bond acceptors (Lipinski definition) is 2. The van der Waals surface area contributed by atoms with Gasteiger partial charge in [0.05, 0.1) is 5.82 Å². The molecule has 0 aliphatic heterocycles. The van der Waals surface area contributed by atoms with Crippen molar-refractivity contribution in [2.75, 3.05) is 7.05 Å². The molecule has 2 heteroatoms. The standard InChI is InChI=1S/C9H18N2/c1-5-7(2)8(3)6-9(10)11-4/h6,11H,5,10H2,1-4H3/b8-7+,9-6-. The number of rotatable bonds is 3. The quantitative estimate of drug-likeness (QED) is 0.608. The third kappa shape index (κ3) is 3.71. The first-order chi connectivity index (χ1) is 5.11. The number of allylic oxidation sites excluding steroid dienone is 3. The second-order valence-corrected chi connectivity index (χ2v) is 2.67. The second-order valence-electron chi connectivity index (χ2n) is 2.67. The summed E-state index contributed by atoms with van der Waals surface area (Å²) in [6.45, 7) is 6.33. The van der Waals surface area contributed by atoms with E-state index in [0.29, 0.717) is 0 Å². The van der Waals surface area contributed by atoms with Gasteiger partial charge in [0, 0.05) is 7.05 Å². The summed E-state index contributed by atoms with van der Waals surface area (Å²) in [5.41, 5.74) is 8.21. The summed E-state index contributed by atoms with van der Waals surface area (Å²) in [4.78, 5) is 0. The molecule has 0 atom stereocenters. The predicted octanol–water partition coefficient (Wildman–Crippen LogP) is 1.75. The van der Waals surface area contributed by atoms with Gasteiger partial charge in [-0.3, -0.25) is 0 Å². The van der Waals surface area contributed by atoms with Gasteiger partial charge < -0.3 is 11.1 Å². The zero-order valence-electron chi connectivity index (χ0n) is 7.86. The molecule has 0 aliphatic rings. The minimum absolute atomic E-state index is 0.718. The van der Waals surface area contributed by atoms with Crippen molar-refractivity contribution in [2.45, 2.75) is 27.2 Å². The highest BCUT2D eigenvalue weighted by atomic mass is 14.9. The fourth-order valence-electron chi connectivity index (χ4n) is 0.707. The number of nitrogens with two attached hydrogens (primary N) is 1. The lowest BCUT2D eigenvalue weighted by Crippen LogP contribution is -2.14. The largest absolute Gasteiger partial charge is 0.386 e. The maximum atomic E-state index is 5.58. The van der Waals surface area contributed by atoms with Gasteiger partial charge in [-0.15, -0.1) is 0 Å². The average molecular weight is 154 g/mol. The lowest BCUT2D eigenvalue weighted by atomic mass is 10.1. The molecular weight excluding hydrogens is 136 g/mol. The van der Waals surface area contributed by atoms with Gasteiger partial charge in [0.15, 0.2) is 0 Å². The van der Waals surface area contributed by atoms with Gasteiger partial charge in [-0.25, -0.2) is 0 Å². The molecule has 0 heterocycles. The first-order valence-electron chi connectivity index (χ1n) is 3.93. The van der Waals surface area contributed by atoms with Gasteiger partial charge in [0.25, 0.3) is 0 Å². The number of nitrogens with one attached hydrogen (secondary N) is 1. The molecule has 0 aromatic carbocycles. The van der Waals surface area contributed by atoms with Crippen molar-refractivity contribution in [2.24, 2.45) is 5.73 Å². The van der Waals surface area contributed by atoms with Crippen LogP contribution in [-0.4, -0.2) is 7.05 Å². The van der Waals surface area contributed by atoms with E-state index in [1.807, 2.05) is 13.1 Å². The molecule has 0 unspecified atom stereocenters. The van der Waals surface area contributed by atoms with Crippen molar-refractivity contribution in [1.29, 1.82) is 0 Å². The Morgan fingerprint density at radius 3 is 2.36 bits per heavy atom. The highest BCUT2D eigenvalue weighted by Gasteiger charge is 1.91. The number of hydrogen-bond donors (Lipinski definition) is 2. The van der Waals surface area contributed by atoms with Crippen molar-refractivity contribution in [3.05, 3.63) is 23.0 Å². The van der Waals surface area contributed by atoms with Crippen molar-refractivity contribution in [1.82, 2.24) is 5.32 Å². The summed E-state index contributed by atoms with van der Waals surface area (Å²) >= 11 is 0. The van der Waals surface area contributed by atoms with Gasteiger partial charge >= 0.3 is 0 Å². The molecule has 0 spiro atoms. The van der Waals surface area contributed by atoms with Crippen LogP contribution in [-0.2, 0) is 0 Å². The van der Waals surface area contributed by atoms with Crippen LogP contribution in [0.1, 0.15) is 27.2 Å². The van der Waals surface area contributed by atoms with Crippen LogP contribution in [0.5, 0.6) is 0 Å². The van der Waals surface area contributed by atoms with Crippen molar-refractivity contribution in [3.63, 3.8) is 0 Å². The molecule has 0 saturated carbocycles. The Morgan fingerprint density at radius 1 is 1.45 bits per heavy atom. The minimum atomic E-state index is 0.718. The monoisotopic (exact) mass is 154 g/mol. The van der Waals surface area contributed by atoms with Crippen molar-refractivity contribution in [3.8, 4) is 0 Å². The normalized spacial score (nSPS) is 14.4. The Bertz CT molecular complexity index is 178. The lowest BCUT2D eigenvalue weighted by molar-refractivity contribution is 0.956. The fourth-order valence-corrected chi connectivity index (χ4v) is 0.707. The summed E-state index contributed by atoms with van der Waals surface area (Å²) in [6.07, 6.45) is 3.04. The third-order valence-corrected chi connectivity index (χ3v) is 1.86. The van der Waals surface area contributed by atoms with E-state index in [4.69, 9.17) is 5.73 Å². The van der Waals surface area contributed by atoms with E-state index in [1.54, 1.807) is 0 Å². The van der Waals surface area contributed by atoms with Crippen LogP contribution in [0.3, 0.4) is 0 Å². The van der Waals surface area contributed by atoms with E-state index in [9.17, 15) is 0 Å². The summed E-state index contributed by atoms with van der Waals surface area (Å²) < 4.78 is 0. The van der Waals surface area contributed by atoms with Crippen LogP contribution in [0.25, 0.3) is 0 Å². The molecule has 64 valence electrons. The fraction of sp³-hybridized carbons (Fsp3) is 0.556. The molecule has 0 radical (unpaired) electrons. The Hall–Kier alpha value is -0.920. The van der Waals surface area contributed by atoms with E-state index in [0.717, 1.165) is 12.2 Å². The average Bonchev–Trinajstić information content (AvgIpc) is 2.02. The van der Waals surface area contributed by atoms with Gasteiger partial charge in [-0.05, 0) is 31.9 Å². The first-order valence-corrected chi connectivity index (χ1v) is 3.93. The molecule has 0 fully saturated rings.